The molecule has 1 aliphatic heterocycles. The van der Waals surface area contributed by atoms with Crippen LogP contribution in [0, 0.1) is 18.6 Å². The van der Waals surface area contributed by atoms with Crippen LogP contribution in [0.25, 0.3) is 0 Å². The Morgan fingerprint density at radius 2 is 1.95 bits per heavy atom. The quantitative estimate of drug-likeness (QED) is 0.933. The van der Waals surface area contributed by atoms with Gasteiger partial charge in [-0.3, -0.25) is 0 Å². The average molecular weight is 289 g/mol. The minimum atomic E-state index is -0.548. The molecule has 4 heteroatoms. The lowest BCUT2D eigenvalue weighted by atomic mass is 9.94. The number of rotatable bonds is 3. The van der Waals surface area contributed by atoms with Gasteiger partial charge in [0.05, 0.1) is 12.6 Å². The minimum Gasteiger partial charge on any atom is -0.493 e. The topological polar surface area (TPSA) is 21.3 Å². The maximum atomic E-state index is 14.2. The summed E-state index contributed by atoms with van der Waals surface area (Å²) in [6, 6.07) is 8.02. The van der Waals surface area contributed by atoms with Crippen molar-refractivity contribution in [2.45, 2.75) is 19.4 Å². The van der Waals surface area contributed by atoms with E-state index in [1.54, 1.807) is 20.0 Å². The van der Waals surface area contributed by atoms with Crippen molar-refractivity contribution in [2.75, 3.05) is 13.7 Å². The molecule has 0 bridgehead atoms. The summed E-state index contributed by atoms with van der Waals surface area (Å²) in [6.45, 7) is 2.28. The molecule has 0 aromatic heterocycles. The lowest BCUT2D eigenvalue weighted by Gasteiger charge is -2.21. The van der Waals surface area contributed by atoms with Gasteiger partial charge in [0, 0.05) is 23.6 Å². The van der Waals surface area contributed by atoms with Crippen molar-refractivity contribution in [3.8, 4) is 5.75 Å². The Labute approximate surface area is 122 Å². The second-order valence-corrected chi connectivity index (χ2v) is 5.28. The summed E-state index contributed by atoms with van der Waals surface area (Å²) in [4.78, 5) is 0. The van der Waals surface area contributed by atoms with Crippen molar-refractivity contribution in [3.05, 3.63) is 64.2 Å². The number of halogens is 2. The Morgan fingerprint density at radius 3 is 2.71 bits per heavy atom. The van der Waals surface area contributed by atoms with E-state index in [9.17, 15) is 8.78 Å². The SMILES string of the molecule is CNC(c1cc(C)c(F)cc1F)c1cccc2c1OCC2. The van der Waals surface area contributed by atoms with E-state index >= 15 is 0 Å². The highest BCUT2D eigenvalue weighted by Gasteiger charge is 2.25. The van der Waals surface area contributed by atoms with Gasteiger partial charge in [-0.2, -0.15) is 0 Å². The molecular formula is C17H17F2NO. The molecule has 110 valence electrons. The molecule has 0 saturated carbocycles. The fourth-order valence-corrected chi connectivity index (χ4v) is 2.85. The van der Waals surface area contributed by atoms with Crippen LogP contribution in [-0.4, -0.2) is 13.7 Å². The molecule has 0 aliphatic carbocycles. The highest BCUT2D eigenvalue weighted by molar-refractivity contribution is 5.49. The van der Waals surface area contributed by atoms with E-state index in [0.717, 1.165) is 29.4 Å². The molecule has 2 aromatic rings. The maximum absolute atomic E-state index is 14.2. The molecule has 0 saturated heterocycles. The van der Waals surface area contributed by atoms with Crippen LogP contribution >= 0.6 is 0 Å². The third-order valence-electron chi connectivity index (χ3n) is 3.93. The largest absolute Gasteiger partial charge is 0.493 e. The predicted molar refractivity (Wildman–Crippen MR) is 77.6 cm³/mol. The molecule has 21 heavy (non-hydrogen) atoms. The third-order valence-corrected chi connectivity index (χ3v) is 3.93. The number of hydrogen-bond acceptors (Lipinski definition) is 2. The summed E-state index contributed by atoms with van der Waals surface area (Å²) in [6.07, 6.45) is 0.866. The molecule has 1 aliphatic rings. The zero-order valence-electron chi connectivity index (χ0n) is 12.0. The average Bonchev–Trinajstić information content (AvgIpc) is 2.94. The molecule has 2 aromatic carbocycles. The van der Waals surface area contributed by atoms with Crippen LogP contribution in [0.2, 0.25) is 0 Å². The number of para-hydroxylation sites is 1. The summed E-state index contributed by atoms with van der Waals surface area (Å²) in [5.41, 5.74) is 2.88. The number of benzene rings is 2. The number of ether oxygens (including phenoxy) is 1. The summed E-state index contributed by atoms with van der Waals surface area (Å²) in [7, 11) is 1.76. The van der Waals surface area contributed by atoms with Crippen molar-refractivity contribution < 1.29 is 13.5 Å². The molecule has 0 amide bonds. The number of fused-ring (bicyclic) bond motifs is 1. The first-order chi connectivity index (χ1) is 10.1. The maximum Gasteiger partial charge on any atom is 0.131 e. The Balaban J connectivity index is 2.12. The molecule has 1 heterocycles. The van der Waals surface area contributed by atoms with Gasteiger partial charge in [-0.25, -0.2) is 8.78 Å². The van der Waals surface area contributed by atoms with Gasteiger partial charge in [0.2, 0.25) is 0 Å². The van der Waals surface area contributed by atoms with E-state index in [1.807, 2.05) is 18.2 Å². The van der Waals surface area contributed by atoms with Crippen LogP contribution < -0.4 is 10.1 Å². The monoisotopic (exact) mass is 289 g/mol. The number of nitrogens with one attached hydrogen (secondary N) is 1. The van der Waals surface area contributed by atoms with Crippen molar-refractivity contribution in [3.63, 3.8) is 0 Å². The zero-order chi connectivity index (χ0) is 15.0. The Kier molecular flexibility index (Phi) is 3.64. The van der Waals surface area contributed by atoms with Crippen molar-refractivity contribution >= 4 is 0 Å². The lowest BCUT2D eigenvalue weighted by Crippen LogP contribution is -2.20. The first kappa shape index (κ1) is 14.0. The zero-order valence-corrected chi connectivity index (χ0v) is 12.0. The van der Waals surface area contributed by atoms with Gasteiger partial charge in [-0.15, -0.1) is 0 Å². The van der Waals surface area contributed by atoms with Crippen molar-refractivity contribution in [2.24, 2.45) is 0 Å². The molecule has 2 nitrogen and oxygen atoms in total. The molecule has 1 unspecified atom stereocenters. The van der Waals surface area contributed by atoms with Crippen LogP contribution in [0.3, 0.4) is 0 Å². The first-order valence-electron chi connectivity index (χ1n) is 6.99. The summed E-state index contributed by atoms with van der Waals surface area (Å²) < 4.78 is 33.3. The Bertz CT molecular complexity index is 685. The molecule has 0 radical (unpaired) electrons. The van der Waals surface area contributed by atoms with E-state index in [-0.39, 0.29) is 6.04 Å². The fourth-order valence-electron chi connectivity index (χ4n) is 2.85. The van der Waals surface area contributed by atoms with E-state index in [2.05, 4.69) is 5.32 Å². The van der Waals surface area contributed by atoms with Gasteiger partial charge in [0.1, 0.15) is 17.4 Å². The van der Waals surface area contributed by atoms with E-state index in [1.165, 1.54) is 0 Å². The van der Waals surface area contributed by atoms with Crippen LogP contribution in [0.15, 0.2) is 30.3 Å². The van der Waals surface area contributed by atoms with Crippen molar-refractivity contribution in [1.82, 2.24) is 5.32 Å². The van der Waals surface area contributed by atoms with Gasteiger partial charge in [0.25, 0.3) is 0 Å². The highest BCUT2D eigenvalue weighted by Crippen LogP contribution is 2.37. The molecule has 0 fully saturated rings. The van der Waals surface area contributed by atoms with Crippen LogP contribution in [0.4, 0.5) is 8.78 Å². The summed E-state index contributed by atoms with van der Waals surface area (Å²) in [5, 5.41) is 3.11. The fraction of sp³-hybridized carbons (Fsp3) is 0.294. The molecule has 1 N–H and O–H groups in total. The smallest absolute Gasteiger partial charge is 0.131 e. The Hall–Kier alpha value is -1.94. The van der Waals surface area contributed by atoms with Gasteiger partial charge < -0.3 is 10.1 Å². The van der Waals surface area contributed by atoms with Gasteiger partial charge >= 0.3 is 0 Å². The van der Waals surface area contributed by atoms with Gasteiger partial charge in [-0.05, 0) is 31.2 Å². The lowest BCUT2D eigenvalue weighted by molar-refractivity contribution is 0.350. The standard InChI is InChI=1S/C17H17F2NO/c1-10-8-13(15(19)9-14(10)18)16(20-2)12-5-3-4-11-6-7-21-17(11)12/h3-5,8-9,16,20H,6-7H2,1-2H3. The first-order valence-corrected chi connectivity index (χ1v) is 6.99. The number of hydrogen-bond donors (Lipinski definition) is 1. The normalized spacial score (nSPS) is 14.7. The minimum absolute atomic E-state index is 0.364. The molecule has 0 spiro atoms. The summed E-state index contributed by atoms with van der Waals surface area (Å²) in [5.74, 6) is -0.257. The van der Waals surface area contributed by atoms with Crippen molar-refractivity contribution in [1.29, 1.82) is 0 Å². The van der Waals surface area contributed by atoms with Gasteiger partial charge in [-0.1, -0.05) is 18.2 Å². The number of aryl methyl sites for hydroxylation is 1. The molecule has 3 rings (SSSR count). The summed E-state index contributed by atoms with van der Waals surface area (Å²) >= 11 is 0. The molecule has 1 atom stereocenters. The van der Waals surface area contributed by atoms with Crippen LogP contribution in [0.1, 0.15) is 28.3 Å². The third kappa shape index (κ3) is 2.40. The second-order valence-electron chi connectivity index (χ2n) is 5.28. The second kappa shape index (κ2) is 5.45. The predicted octanol–water partition coefficient (Wildman–Crippen LogP) is 3.52. The Morgan fingerprint density at radius 1 is 1.14 bits per heavy atom. The van der Waals surface area contributed by atoms with Crippen LogP contribution in [0.5, 0.6) is 5.75 Å². The van der Waals surface area contributed by atoms with E-state index in [4.69, 9.17) is 4.74 Å². The highest BCUT2D eigenvalue weighted by atomic mass is 19.1. The van der Waals surface area contributed by atoms with E-state index in [0.29, 0.717) is 17.7 Å². The van der Waals surface area contributed by atoms with Gasteiger partial charge in [0.15, 0.2) is 0 Å². The molecular weight excluding hydrogens is 272 g/mol. The van der Waals surface area contributed by atoms with Crippen LogP contribution in [-0.2, 0) is 6.42 Å². The van der Waals surface area contributed by atoms with E-state index < -0.39 is 11.6 Å².